The third kappa shape index (κ3) is 15.6. The second-order valence-corrected chi connectivity index (χ2v) is 7.03. The summed E-state index contributed by atoms with van der Waals surface area (Å²) in [7, 11) is 2.68. The predicted octanol–water partition coefficient (Wildman–Crippen LogP) is -0.244. The van der Waals surface area contributed by atoms with Crippen molar-refractivity contribution in [3.63, 3.8) is 0 Å². The second kappa shape index (κ2) is 21.2. The van der Waals surface area contributed by atoms with Gasteiger partial charge in [0.25, 0.3) is 0 Å². The normalized spacial score (nSPS) is 11.0. The Kier molecular flexibility index (Phi) is 25.5. The van der Waals surface area contributed by atoms with E-state index in [1.54, 1.807) is 21.3 Å². The number of nitrogens with zero attached hydrogens (tertiary/aromatic N) is 1. The lowest BCUT2D eigenvalue weighted by molar-refractivity contribution is -0.527. The highest BCUT2D eigenvalue weighted by Gasteiger charge is 2.36. The lowest BCUT2D eigenvalue weighted by Gasteiger charge is -2.23. The first-order valence-electron chi connectivity index (χ1n) is 7.26. The fourth-order valence-electron chi connectivity index (χ4n) is 1.32. The van der Waals surface area contributed by atoms with Crippen LogP contribution in [0.25, 0.3) is 0 Å². The van der Waals surface area contributed by atoms with Crippen molar-refractivity contribution >= 4 is 21.2 Å². The Balaban J connectivity index is -0.000000364. The van der Waals surface area contributed by atoms with Crippen LogP contribution in [0.15, 0.2) is 0 Å². The first kappa shape index (κ1) is 28.9. The van der Waals surface area contributed by atoms with Crippen molar-refractivity contribution in [2.75, 3.05) is 61.0 Å². The highest BCUT2D eigenvalue weighted by Crippen LogP contribution is 2.13. The second-order valence-electron chi connectivity index (χ2n) is 3.94. The molecule has 0 bridgehead atoms. The van der Waals surface area contributed by atoms with Crippen LogP contribution < -0.4 is 0 Å². The van der Waals surface area contributed by atoms with Crippen LogP contribution in [0.5, 0.6) is 0 Å². The van der Waals surface area contributed by atoms with E-state index >= 15 is 0 Å². The minimum absolute atomic E-state index is 0. The zero-order valence-corrected chi connectivity index (χ0v) is 16.6. The largest absolute Gasteiger partial charge is 0.500 e. The van der Waals surface area contributed by atoms with Crippen LogP contribution >= 0.6 is 12.4 Å². The monoisotopic (exact) mass is 397 g/mol. The van der Waals surface area contributed by atoms with E-state index in [1.165, 1.54) is 0 Å². The van der Waals surface area contributed by atoms with E-state index < -0.39 is 8.80 Å². The number of rotatable bonds is 14. The molecule has 0 atom stereocenters. The van der Waals surface area contributed by atoms with Gasteiger partial charge in [-0.25, -0.2) is 14.5 Å². The van der Waals surface area contributed by atoms with E-state index in [9.17, 15) is 0 Å². The molecule has 12 heteroatoms. The molecule has 0 aromatic carbocycles. The molecule has 0 heterocycles. The summed E-state index contributed by atoms with van der Waals surface area (Å²) in [5.74, 6) is 0. The highest BCUT2D eigenvalue weighted by atomic mass is 35.5. The Hall–Kier alpha value is 0.107. The molecule has 0 saturated carbocycles. The van der Waals surface area contributed by atoms with E-state index in [-0.39, 0.29) is 52.0 Å². The van der Waals surface area contributed by atoms with Crippen LogP contribution in [0, 0.1) is 0 Å². The van der Waals surface area contributed by atoms with Crippen molar-refractivity contribution in [3.05, 3.63) is 0 Å². The van der Waals surface area contributed by atoms with Gasteiger partial charge in [0.05, 0.1) is 45.0 Å². The molecule has 0 amide bonds. The van der Waals surface area contributed by atoms with Crippen molar-refractivity contribution in [2.24, 2.45) is 0 Å². The van der Waals surface area contributed by atoms with Gasteiger partial charge in [-0.05, 0) is 0 Å². The van der Waals surface area contributed by atoms with Crippen LogP contribution in [-0.4, -0.2) is 90.5 Å². The van der Waals surface area contributed by atoms with Gasteiger partial charge in [-0.1, -0.05) is 13.3 Å². The van der Waals surface area contributed by atoms with Gasteiger partial charge in [-0.2, -0.15) is 0 Å². The molecule has 0 radical (unpaired) electrons. The molecule has 0 aliphatic carbocycles. The quantitative estimate of drug-likeness (QED) is 0.267. The molecule has 0 aromatic rings. The number of aliphatic hydroxyl groups excluding tert-OH is 3. The topological polar surface area (TPSA) is 119 Å². The van der Waals surface area contributed by atoms with Gasteiger partial charge in [0, 0.05) is 27.4 Å². The molecule has 10 nitrogen and oxygen atoms in total. The van der Waals surface area contributed by atoms with Gasteiger partial charge >= 0.3 is 8.80 Å². The lowest BCUT2D eigenvalue weighted by atomic mass is 10.6. The average molecular weight is 398 g/mol. The predicted molar refractivity (Wildman–Crippen MR) is 90.1 cm³/mol. The van der Waals surface area contributed by atoms with E-state index in [4.69, 9.17) is 43.1 Å². The van der Waals surface area contributed by atoms with Crippen LogP contribution in [0.2, 0.25) is 6.04 Å². The molecule has 24 heavy (non-hydrogen) atoms. The zero-order valence-electron chi connectivity index (χ0n) is 14.8. The summed E-state index contributed by atoms with van der Waals surface area (Å²) in [4.78, 5) is 14.1. The minimum Gasteiger partial charge on any atom is -0.394 e. The Bertz CT molecular complexity index is 213. The molecule has 0 aliphatic rings. The molecule has 0 aliphatic heterocycles. The lowest BCUT2D eigenvalue weighted by Crippen LogP contribution is -2.42. The summed E-state index contributed by atoms with van der Waals surface area (Å²) >= 11 is 0. The van der Waals surface area contributed by atoms with Gasteiger partial charge in [0.15, 0.2) is 0 Å². The first-order valence-corrected chi connectivity index (χ1v) is 9.19. The Morgan fingerprint density at radius 1 is 0.750 bits per heavy atom. The fraction of sp³-hybridized carbons (Fsp3) is 1.00. The maximum absolute atomic E-state index is 8.40. The summed E-state index contributed by atoms with van der Waals surface area (Å²) in [6.07, 6.45) is 1.03. The third-order valence-corrected chi connectivity index (χ3v) is 5.33. The van der Waals surface area contributed by atoms with E-state index in [1.807, 2.05) is 0 Å². The molecule has 0 saturated heterocycles. The van der Waals surface area contributed by atoms with Crippen molar-refractivity contribution in [2.45, 2.75) is 19.4 Å². The Labute approximate surface area is 150 Å². The molecule has 3 N–H and O–H groups in total. The molecular weight excluding hydrogens is 366 g/mol. The minimum atomic E-state index is -2.22. The van der Waals surface area contributed by atoms with Crippen LogP contribution in [0.3, 0.4) is 0 Å². The smallest absolute Gasteiger partial charge is 0.394 e. The van der Waals surface area contributed by atoms with Gasteiger partial charge in [0.1, 0.15) is 0 Å². The van der Waals surface area contributed by atoms with Crippen molar-refractivity contribution < 1.29 is 43.1 Å². The summed E-state index contributed by atoms with van der Waals surface area (Å²) in [6, 6.07) is 0.885. The number of halogens is 1. The van der Waals surface area contributed by atoms with Crippen molar-refractivity contribution in [3.8, 4) is 0 Å². The summed E-state index contributed by atoms with van der Waals surface area (Å²) in [5.41, 5.74) is 0. The maximum atomic E-state index is 8.40. The molecule has 150 valence electrons. The molecule has 0 rings (SSSR count). The van der Waals surface area contributed by atoms with Crippen molar-refractivity contribution in [1.29, 1.82) is 0 Å². The van der Waals surface area contributed by atoms with Gasteiger partial charge in [0.2, 0.25) is 0 Å². The van der Waals surface area contributed by atoms with E-state index in [2.05, 4.69) is 6.92 Å². The third-order valence-electron chi connectivity index (χ3n) is 2.35. The SMILES string of the molecule is CCC[Si](OC)(OC)OC.Cl.OCCON(OCCO)OCCO. The molecule has 0 fully saturated rings. The first-order chi connectivity index (χ1) is 11.1. The van der Waals surface area contributed by atoms with Gasteiger partial charge < -0.3 is 28.6 Å². The number of hydrogen-bond donors (Lipinski definition) is 3. The Morgan fingerprint density at radius 3 is 1.25 bits per heavy atom. The molecule has 0 unspecified atom stereocenters. The summed E-state index contributed by atoms with van der Waals surface area (Å²) in [5, 5.41) is 25.9. The molecular formula is C12H32ClNO9Si. The maximum Gasteiger partial charge on any atom is 0.500 e. The van der Waals surface area contributed by atoms with Crippen LogP contribution in [0.4, 0.5) is 0 Å². The average Bonchev–Trinajstić information content (AvgIpc) is 2.60. The van der Waals surface area contributed by atoms with Gasteiger partial charge in [-0.15, -0.1) is 12.4 Å². The van der Waals surface area contributed by atoms with Crippen LogP contribution in [0.1, 0.15) is 13.3 Å². The fourth-order valence-corrected chi connectivity index (χ4v) is 3.05. The standard InChI is InChI=1S/C6H15NO6.C6H16O3Si.ClH/c8-1-4-11-7(12-5-2-9)13-6-3-10;1-5-6-10(7-2,8-3)9-4;/h8-10H,1-6H2;5-6H2,1-4H3;1H. The van der Waals surface area contributed by atoms with Crippen LogP contribution in [-0.2, 0) is 27.8 Å². The molecule has 0 spiro atoms. The molecule has 0 aromatic heterocycles. The Morgan fingerprint density at radius 2 is 1.08 bits per heavy atom. The van der Waals surface area contributed by atoms with E-state index in [0.717, 1.165) is 12.5 Å². The van der Waals surface area contributed by atoms with Crippen molar-refractivity contribution in [1.82, 2.24) is 5.39 Å². The highest BCUT2D eigenvalue weighted by molar-refractivity contribution is 6.60. The number of hydrogen-bond acceptors (Lipinski definition) is 10. The number of aliphatic hydroxyl groups is 3. The summed E-state index contributed by atoms with van der Waals surface area (Å²) in [6.45, 7) is 1.58. The van der Waals surface area contributed by atoms with E-state index in [0.29, 0.717) is 5.39 Å². The zero-order chi connectivity index (χ0) is 18.0. The summed E-state index contributed by atoms with van der Waals surface area (Å²) < 4.78 is 15.5. The van der Waals surface area contributed by atoms with Gasteiger partial charge in [-0.3, -0.25) is 0 Å².